The van der Waals surface area contributed by atoms with Gasteiger partial charge in [0, 0.05) is 19.2 Å². The maximum absolute atomic E-state index is 11.7. The van der Waals surface area contributed by atoms with E-state index in [4.69, 9.17) is 16.3 Å². The van der Waals surface area contributed by atoms with E-state index >= 15 is 0 Å². The average molecular weight is 270 g/mol. The van der Waals surface area contributed by atoms with Crippen molar-refractivity contribution in [1.82, 2.24) is 4.90 Å². The molecule has 0 spiro atoms. The molecule has 0 bridgehead atoms. The van der Waals surface area contributed by atoms with Gasteiger partial charge in [0.05, 0.1) is 6.10 Å². The number of benzene rings is 1. The van der Waals surface area contributed by atoms with Crippen LogP contribution in [0.5, 0.6) is 5.75 Å². The van der Waals surface area contributed by atoms with Crippen LogP contribution in [-0.4, -0.2) is 29.3 Å². The quantitative estimate of drug-likeness (QED) is 0.769. The lowest BCUT2D eigenvalue weighted by Gasteiger charge is -2.21. The number of ether oxygens (including phenoxy) is 1. The molecule has 4 heteroatoms. The molecule has 3 nitrogen and oxygen atoms in total. The van der Waals surface area contributed by atoms with Crippen molar-refractivity contribution in [2.75, 3.05) is 7.05 Å². The number of para-hydroxylation sites is 1. The molecule has 0 saturated heterocycles. The van der Waals surface area contributed by atoms with Crippen LogP contribution in [0.2, 0.25) is 0 Å². The van der Waals surface area contributed by atoms with Gasteiger partial charge >= 0.3 is 0 Å². The molecule has 0 aromatic heterocycles. The zero-order valence-electron chi connectivity index (χ0n) is 11.3. The zero-order chi connectivity index (χ0) is 13.7. The molecule has 18 heavy (non-hydrogen) atoms. The highest BCUT2D eigenvalue weighted by atomic mass is 35.5. The van der Waals surface area contributed by atoms with Crippen molar-refractivity contribution in [2.24, 2.45) is 0 Å². The third kappa shape index (κ3) is 4.22. The number of amides is 1. The molecule has 1 amide bonds. The smallest absolute Gasteiger partial charge is 0.240 e. The highest BCUT2D eigenvalue weighted by Crippen LogP contribution is 2.21. The highest BCUT2D eigenvalue weighted by molar-refractivity contribution is 6.30. The largest absolute Gasteiger partial charge is 0.491 e. The average Bonchev–Trinajstić information content (AvgIpc) is 2.29. The predicted octanol–water partition coefficient (Wildman–Crippen LogP) is 3.06. The summed E-state index contributed by atoms with van der Waals surface area (Å²) in [6, 6.07) is 7.73. The Hall–Kier alpha value is -1.22. The van der Waals surface area contributed by atoms with Crippen LogP contribution in [0.25, 0.3) is 0 Å². The second-order valence-corrected chi connectivity index (χ2v) is 5.24. The number of carbonyl (C=O) groups excluding carboxylic acids is 1. The van der Waals surface area contributed by atoms with Crippen LogP contribution in [0.15, 0.2) is 24.3 Å². The second kappa shape index (κ2) is 6.64. The van der Waals surface area contributed by atoms with Crippen LogP contribution >= 0.6 is 11.6 Å². The molecular weight excluding hydrogens is 250 g/mol. The molecule has 1 aromatic carbocycles. The molecule has 1 atom stereocenters. The fraction of sp³-hybridized carbons (Fsp3) is 0.500. The van der Waals surface area contributed by atoms with Crippen LogP contribution < -0.4 is 4.74 Å². The molecule has 0 aliphatic heterocycles. The van der Waals surface area contributed by atoms with Gasteiger partial charge in [-0.05, 0) is 26.8 Å². The van der Waals surface area contributed by atoms with E-state index in [0.717, 1.165) is 11.3 Å². The topological polar surface area (TPSA) is 29.5 Å². The monoisotopic (exact) mass is 269 g/mol. The summed E-state index contributed by atoms with van der Waals surface area (Å²) >= 11 is 5.79. The Morgan fingerprint density at radius 1 is 1.33 bits per heavy atom. The van der Waals surface area contributed by atoms with Crippen molar-refractivity contribution >= 4 is 17.5 Å². The molecule has 0 aliphatic carbocycles. The van der Waals surface area contributed by atoms with Gasteiger partial charge in [0.25, 0.3) is 0 Å². The summed E-state index contributed by atoms with van der Waals surface area (Å²) in [4.78, 5) is 13.3. The van der Waals surface area contributed by atoms with Crippen molar-refractivity contribution in [3.63, 3.8) is 0 Å². The first kappa shape index (κ1) is 14.8. The van der Waals surface area contributed by atoms with Gasteiger partial charge in [-0.25, -0.2) is 0 Å². The Morgan fingerprint density at radius 3 is 2.50 bits per heavy atom. The number of hydrogen-bond acceptors (Lipinski definition) is 2. The predicted molar refractivity (Wildman–Crippen MR) is 74.0 cm³/mol. The van der Waals surface area contributed by atoms with E-state index < -0.39 is 5.38 Å². The van der Waals surface area contributed by atoms with E-state index in [1.165, 1.54) is 0 Å². The molecule has 0 radical (unpaired) electrons. The van der Waals surface area contributed by atoms with Crippen molar-refractivity contribution in [2.45, 2.75) is 38.8 Å². The Morgan fingerprint density at radius 2 is 1.94 bits per heavy atom. The first-order valence-electron chi connectivity index (χ1n) is 6.05. The summed E-state index contributed by atoms with van der Waals surface area (Å²) in [7, 11) is 1.74. The minimum atomic E-state index is -0.506. The van der Waals surface area contributed by atoms with Gasteiger partial charge in [0.15, 0.2) is 0 Å². The Kier molecular flexibility index (Phi) is 5.48. The number of rotatable bonds is 5. The molecular formula is C14H20ClNO2. The van der Waals surface area contributed by atoms with E-state index in [-0.39, 0.29) is 12.0 Å². The Balaban J connectivity index is 2.80. The molecule has 0 aliphatic rings. The van der Waals surface area contributed by atoms with E-state index in [0.29, 0.717) is 6.54 Å². The molecule has 100 valence electrons. The normalized spacial score (nSPS) is 12.3. The van der Waals surface area contributed by atoms with Crippen molar-refractivity contribution in [3.8, 4) is 5.75 Å². The number of hydrogen-bond donors (Lipinski definition) is 0. The molecule has 1 aromatic rings. The maximum atomic E-state index is 11.7. The molecule has 0 N–H and O–H groups in total. The molecule has 0 fully saturated rings. The summed E-state index contributed by atoms with van der Waals surface area (Å²) in [5, 5.41) is -0.506. The minimum Gasteiger partial charge on any atom is -0.491 e. The van der Waals surface area contributed by atoms with Gasteiger partial charge in [-0.1, -0.05) is 18.2 Å². The van der Waals surface area contributed by atoms with E-state index in [1.54, 1.807) is 18.9 Å². The van der Waals surface area contributed by atoms with E-state index in [9.17, 15) is 4.79 Å². The highest BCUT2D eigenvalue weighted by Gasteiger charge is 2.16. The Labute approximate surface area is 114 Å². The molecule has 0 saturated carbocycles. The lowest BCUT2D eigenvalue weighted by molar-refractivity contribution is -0.129. The maximum Gasteiger partial charge on any atom is 0.240 e. The fourth-order valence-corrected chi connectivity index (χ4v) is 1.81. The molecule has 1 unspecified atom stereocenters. The first-order chi connectivity index (χ1) is 8.41. The Bertz CT molecular complexity index is 405. The number of carbonyl (C=O) groups is 1. The summed E-state index contributed by atoms with van der Waals surface area (Å²) in [6.45, 7) is 6.13. The van der Waals surface area contributed by atoms with Crippen molar-refractivity contribution in [1.29, 1.82) is 0 Å². The van der Waals surface area contributed by atoms with Crippen LogP contribution in [0.3, 0.4) is 0 Å². The standard InChI is InChI=1S/C14H20ClNO2/c1-10(2)18-13-8-6-5-7-12(13)9-16(4)14(17)11(3)15/h5-8,10-11H,9H2,1-4H3. The lowest BCUT2D eigenvalue weighted by Crippen LogP contribution is -2.31. The minimum absolute atomic E-state index is 0.0870. The summed E-state index contributed by atoms with van der Waals surface area (Å²) in [6.07, 6.45) is 0.110. The van der Waals surface area contributed by atoms with Crippen LogP contribution in [0.4, 0.5) is 0 Å². The van der Waals surface area contributed by atoms with Gasteiger partial charge in [0.2, 0.25) is 5.91 Å². The van der Waals surface area contributed by atoms with Gasteiger partial charge < -0.3 is 9.64 Å². The number of alkyl halides is 1. The van der Waals surface area contributed by atoms with Crippen molar-refractivity contribution < 1.29 is 9.53 Å². The van der Waals surface area contributed by atoms with E-state index in [1.807, 2.05) is 38.1 Å². The van der Waals surface area contributed by atoms with Crippen LogP contribution in [0.1, 0.15) is 26.3 Å². The second-order valence-electron chi connectivity index (χ2n) is 4.58. The van der Waals surface area contributed by atoms with Gasteiger partial charge in [-0.3, -0.25) is 4.79 Å². The fourth-order valence-electron chi connectivity index (χ4n) is 1.64. The summed E-state index contributed by atoms with van der Waals surface area (Å²) in [5.41, 5.74) is 0.986. The first-order valence-corrected chi connectivity index (χ1v) is 6.49. The lowest BCUT2D eigenvalue weighted by atomic mass is 10.2. The number of halogens is 1. The summed E-state index contributed by atoms with van der Waals surface area (Å²) < 4.78 is 5.72. The SMILES string of the molecule is CC(C)Oc1ccccc1CN(C)C(=O)C(C)Cl. The molecule has 1 rings (SSSR count). The van der Waals surface area contributed by atoms with Gasteiger partial charge in [-0.15, -0.1) is 11.6 Å². The summed E-state index contributed by atoms with van der Waals surface area (Å²) in [5.74, 6) is 0.727. The van der Waals surface area contributed by atoms with Crippen molar-refractivity contribution in [3.05, 3.63) is 29.8 Å². The third-order valence-electron chi connectivity index (χ3n) is 2.46. The third-order valence-corrected chi connectivity index (χ3v) is 2.65. The van der Waals surface area contributed by atoms with E-state index in [2.05, 4.69) is 0 Å². The van der Waals surface area contributed by atoms with Gasteiger partial charge in [0.1, 0.15) is 11.1 Å². The van der Waals surface area contributed by atoms with Gasteiger partial charge in [-0.2, -0.15) is 0 Å². The van der Waals surface area contributed by atoms with Crippen LogP contribution in [0, 0.1) is 0 Å². The number of nitrogens with zero attached hydrogens (tertiary/aromatic N) is 1. The zero-order valence-corrected chi connectivity index (χ0v) is 12.1. The van der Waals surface area contributed by atoms with Crippen LogP contribution in [-0.2, 0) is 11.3 Å². The molecule has 0 heterocycles.